The number of nitrogens with zero attached hydrogens (tertiary/aromatic N) is 2. The Bertz CT molecular complexity index is 750. The molecule has 1 aliphatic rings. The molecule has 1 heterocycles. The molecule has 1 aromatic rings. The fourth-order valence-electron chi connectivity index (χ4n) is 2.68. The van der Waals surface area contributed by atoms with Crippen LogP contribution in [0.4, 0.5) is 0 Å². The van der Waals surface area contributed by atoms with E-state index in [0.717, 1.165) is 0 Å². The highest BCUT2D eigenvalue weighted by Crippen LogP contribution is 2.20. The number of carbonyl (C=O) groups is 1. The molecule has 0 aliphatic carbocycles. The van der Waals surface area contributed by atoms with Crippen LogP contribution in [0.15, 0.2) is 36.9 Å². The molecule has 6 nitrogen and oxygen atoms in total. The van der Waals surface area contributed by atoms with Crippen molar-refractivity contribution in [1.29, 1.82) is 5.26 Å². The predicted octanol–water partition coefficient (Wildman–Crippen LogP) is 1.53. The zero-order chi connectivity index (χ0) is 17.7. The van der Waals surface area contributed by atoms with E-state index in [1.807, 2.05) is 6.07 Å². The summed E-state index contributed by atoms with van der Waals surface area (Å²) in [6, 6.07) is 8.14. The van der Waals surface area contributed by atoms with Crippen LogP contribution >= 0.6 is 0 Å². The first-order valence-corrected chi connectivity index (χ1v) is 9.47. The fourth-order valence-corrected chi connectivity index (χ4v) is 4.41. The van der Waals surface area contributed by atoms with Gasteiger partial charge in [-0.2, -0.15) is 5.26 Å². The monoisotopic (exact) mass is 348 g/mol. The van der Waals surface area contributed by atoms with Crippen molar-refractivity contribution >= 4 is 15.7 Å². The number of hydrogen-bond donors (Lipinski definition) is 0. The van der Waals surface area contributed by atoms with E-state index >= 15 is 0 Å². The van der Waals surface area contributed by atoms with E-state index < -0.39 is 15.9 Å². The van der Waals surface area contributed by atoms with E-state index in [1.54, 1.807) is 37.3 Å². The molecule has 2 atom stereocenters. The minimum Gasteiger partial charge on any atom is -0.481 e. The normalized spacial score (nSPS) is 19.9. The second-order valence-electron chi connectivity index (χ2n) is 5.73. The summed E-state index contributed by atoms with van der Waals surface area (Å²) in [5, 5.41) is 8.78. The van der Waals surface area contributed by atoms with Gasteiger partial charge in [0.2, 0.25) is 0 Å². The first kappa shape index (κ1) is 18.0. The summed E-state index contributed by atoms with van der Waals surface area (Å²) < 4.78 is 29.0. The van der Waals surface area contributed by atoms with E-state index in [2.05, 4.69) is 6.58 Å². The molecule has 0 N–H and O–H groups in total. The number of nitriles is 1. The molecule has 0 aromatic heterocycles. The molecule has 1 amide bonds. The second-order valence-corrected chi connectivity index (χ2v) is 7.96. The summed E-state index contributed by atoms with van der Waals surface area (Å²) in [7, 11) is -3.08. The van der Waals surface area contributed by atoms with Crippen LogP contribution in [0, 0.1) is 11.3 Å². The number of sulfone groups is 1. The van der Waals surface area contributed by atoms with Gasteiger partial charge in [-0.25, -0.2) is 8.42 Å². The maximum absolute atomic E-state index is 12.7. The highest BCUT2D eigenvalue weighted by atomic mass is 32.2. The highest BCUT2D eigenvalue weighted by Gasteiger charge is 2.36. The van der Waals surface area contributed by atoms with E-state index in [0.29, 0.717) is 17.7 Å². The van der Waals surface area contributed by atoms with Crippen molar-refractivity contribution in [3.8, 4) is 11.8 Å². The van der Waals surface area contributed by atoms with Crippen LogP contribution in [0.1, 0.15) is 18.9 Å². The molecule has 0 bridgehead atoms. The van der Waals surface area contributed by atoms with Gasteiger partial charge in [-0.15, -0.1) is 6.58 Å². The van der Waals surface area contributed by atoms with Gasteiger partial charge in [-0.1, -0.05) is 6.08 Å². The first-order valence-electron chi connectivity index (χ1n) is 7.65. The van der Waals surface area contributed by atoms with Gasteiger partial charge in [0.1, 0.15) is 5.75 Å². The maximum Gasteiger partial charge on any atom is 0.263 e. The third-order valence-electron chi connectivity index (χ3n) is 3.90. The number of carbonyl (C=O) groups excluding carboxylic acids is 1. The topological polar surface area (TPSA) is 87.5 Å². The molecule has 2 rings (SSSR count). The Hall–Kier alpha value is -2.33. The molecule has 0 saturated carbocycles. The van der Waals surface area contributed by atoms with Gasteiger partial charge in [0.25, 0.3) is 5.91 Å². The lowest BCUT2D eigenvalue weighted by atomic mass is 10.2. The lowest BCUT2D eigenvalue weighted by Gasteiger charge is -2.29. The highest BCUT2D eigenvalue weighted by molar-refractivity contribution is 7.91. The molecule has 1 aliphatic heterocycles. The summed E-state index contributed by atoms with van der Waals surface area (Å²) >= 11 is 0. The summed E-state index contributed by atoms with van der Waals surface area (Å²) in [6.07, 6.45) is 1.25. The van der Waals surface area contributed by atoms with Crippen LogP contribution in [-0.4, -0.2) is 49.4 Å². The molecule has 7 heteroatoms. The van der Waals surface area contributed by atoms with Crippen LogP contribution in [0.3, 0.4) is 0 Å². The minimum atomic E-state index is -3.08. The zero-order valence-electron chi connectivity index (χ0n) is 13.5. The molecule has 1 saturated heterocycles. The maximum atomic E-state index is 12.7. The van der Waals surface area contributed by atoms with Gasteiger partial charge in [0, 0.05) is 12.6 Å². The molecule has 24 heavy (non-hydrogen) atoms. The molecule has 0 spiro atoms. The van der Waals surface area contributed by atoms with Crippen molar-refractivity contribution in [3.05, 3.63) is 42.5 Å². The summed E-state index contributed by atoms with van der Waals surface area (Å²) in [6.45, 7) is 5.54. The fraction of sp³-hybridized carbons (Fsp3) is 0.412. The van der Waals surface area contributed by atoms with Crippen LogP contribution in [0.2, 0.25) is 0 Å². The average molecular weight is 348 g/mol. The molecule has 1 aromatic carbocycles. The number of rotatable bonds is 6. The van der Waals surface area contributed by atoms with Crippen molar-refractivity contribution in [3.63, 3.8) is 0 Å². The van der Waals surface area contributed by atoms with Crippen molar-refractivity contribution in [2.24, 2.45) is 0 Å². The quantitative estimate of drug-likeness (QED) is 0.728. The third-order valence-corrected chi connectivity index (χ3v) is 5.65. The van der Waals surface area contributed by atoms with Gasteiger partial charge in [-0.3, -0.25) is 4.79 Å². The van der Waals surface area contributed by atoms with E-state index in [4.69, 9.17) is 10.00 Å². The van der Waals surface area contributed by atoms with Crippen molar-refractivity contribution in [2.45, 2.75) is 25.5 Å². The number of benzene rings is 1. The standard InChI is InChI=1S/C17H20N2O4S/c1-3-9-19(15-8-10-24(21,22)12-15)17(20)13(2)23-16-6-4-14(11-18)5-7-16/h3-7,13,15H,1,8-10,12H2,2H3. The van der Waals surface area contributed by atoms with Crippen molar-refractivity contribution in [2.75, 3.05) is 18.1 Å². The third kappa shape index (κ3) is 4.36. The van der Waals surface area contributed by atoms with Crippen LogP contribution in [0.25, 0.3) is 0 Å². The van der Waals surface area contributed by atoms with Crippen LogP contribution in [0.5, 0.6) is 5.75 Å². The SMILES string of the molecule is C=CCN(C(=O)C(C)Oc1ccc(C#N)cc1)C1CCS(=O)(=O)C1. The summed E-state index contributed by atoms with van der Waals surface area (Å²) in [4.78, 5) is 14.2. The minimum absolute atomic E-state index is 0.0177. The summed E-state index contributed by atoms with van der Waals surface area (Å²) in [5.74, 6) is 0.286. The Labute approximate surface area is 142 Å². The Kier molecular flexibility index (Phi) is 5.62. The van der Waals surface area contributed by atoms with Crippen molar-refractivity contribution < 1.29 is 17.9 Å². The Morgan fingerprint density at radius 1 is 1.50 bits per heavy atom. The smallest absolute Gasteiger partial charge is 0.263 e. The molecule has 1 fully saturated rings. The largest absolute Gasteiger partial charge is 0.481 e. The summed E-state index contributed by atoms with van der Waals surface area (Å²) in [5.41, 5.74) is 0.505. The molecule has 0 radical (unpaired) electrons. The van der Waals surface area contributed by atoms with E-state index in [9.17, 15) is 13.2 Å². The van der Waals surface area contributed by atoms with Gasteiger partial charge >= 0.3 is 0 Å². The lowest BCUT2D eigenvalue weighted by molar-refractivity contribution is -0.139. The van der Waals surface area contributed by atoms with Gasteiger partial charge in [0.15, 0.2) is 15.9 Å². The number of ether oxygens (including phenoxy) is 1. The van der Waals surface area contributed by atoms with Gasteiger partial charge < -0.3 is 9.64 Å². The van der Waals surface area contributed by atoms with Crippen LogP contribution in [-0.2, 0) is 14.6 Å². The van der Waals surface area contributed by atoms with Crippen molar-refractivity contribution in [1.82, 2.24) is 4.90 Å². The molecular formula is C17H20N2O4S. The molecule has 128 valence electrons. The van der Waals surface area contributed by atoms with Gasteiger partial charge in [-0.05, 0) is 37.6 Å². The number of hydrogen-bond acceptors (Lipinski definition) is 5. The average Bonchev–Trinajstić information content (AvgIpc) is 2.92. The predicted molar refractivity (Wildman–Crippen MR) is 90.2 cm³/mol. The molecule has 2 unspecified atom stereocenters. The number of amides is 1. The van der Waals surface area contributed by atoms with E-state index in [-0.39, 0.29) is 30.0 Å². The van der Waals surface area contributed by atoms with Gasteiger partial charge in [0.05, 0.1) is 23.1 Å². The second kappa shape index (κ2) is 7.49. The Morgan fingerprint density at radius 2 is 2.17 bits per heavy atom. The van der Waals surface area contributed by atoms with E-state index in [1.165, 1.54) is 4.90 Å². The zero-order valence-corrected chi connectivity index (χ0v) is 14.3. The Balaban J connectivity index is 2.07. The van der Waals surface area contributed by atoms with Crippen LogP contribution < -0.4 is 4.74 Å². The lowest BCUT2D eigenvalue weighted by Crippen LogP contribution is -2.47. The molecular weight excluding hydrogens is 328 g/mol. The first-order chi connectivity index (χ1) is 11.4. The Morgan fingerprint density at radius 3 is 2.67 bits per heavy atom.